The second kappa shape index (κ2) is 5.50. The molecule has 21 heavy (non-hydrogen) atoms. The van der Waals surface area contributed by atoms with Gasteiger partial charge in [0.15, 0.2) is 0 Å². The predicted molar refractivity (Wildman–Crippen MR) is 85.6 cm³/mol. The minimum absolute atomic E-state index is 0.430. The van der Waals surface area contributed by atoms with Crippen LogP contribution in [0.3, 0.4) is 0 Å². The Hall–Kier alpha value is -2.46. The van der Waals surface area contributed by atoms with Gasteiger partial charge in [-0.25, -0.2) is 0 Å². The SMILES string of the molecule is NC(=O)c1cccc(NCc2c[nH]c3cc(Cl)ccc23)c1. The lowest BCUT2D eigenvalue weighted by atomic mass is 10.1. The molecule has 1 aromatic heterocycles. The van der Waals surface area contributed by atoms with Crippen LogP contribution < -0.4 is 11.1 Å². The summed E-state index contributed by atoms with van der Waals surface area (Å²) in [4.78, 5) is 14.4. The minimum Gasteiger partial charge on any atom is -0.381 e. The van der Waals surface area contributed by atoms with Gasteiger partial charge in [0.1, 0.15) is 0 Å². The third-order valence-corrected chi connectivity index (χ3v) is 3.59. The van der Waals surface area contributed by atoms with E-state index in [0.717, 1.165) is 22.2 Å². The summed E-state index contributed by atoms with van der Waals surface area (Å²) in [6, 6.07) is 12.9. The zero-order valence-electron chi connectivity index (χ0n) is 11.2. The molecule has 0 spiro atoms. The van der Waals surface area contributed by atoms with Gasteiger partial charge in [-0.05, 0) is 35.9 Å². The quantitative estimate of drug-likeness (QED) is 0.689. The summed E-state index contributed by atoms with van der Waals surface area (Å²) < 4.78 is 0. The van der Waals surface area contributed by atoms with E-state index in [0.29, 0.717) is 17.1 Å². The van der Waals surface area contributed by atoms with Crippen molar-refractivity contribution in [2.45, 2.75) is 6.54 Å². The highest BCUT2D eigenvalue weighted by Gasteiger charge is 2.05. The Morgan fingerprint density at radius 2 is 2.10 bits per heavy atom. The molecule has 0 bridgehead atoms. The summed E-state index contributed by atoms with van der Waals surface area (Å²) in [5.41, 5.74) is 8.76. The molecule has 5 heteroatoms. The number of hydrogen-bond acceptors (Lipinski definition) is 2. The number of nitrogens with two attached hydrogens (primary N) is 1. The number of hydrogen-bond donors (Lipinski definition) is 3. The molecule has 0 fully saturated rings. The lowest BCUT2D eigenvalue weighted by Crippen LogP contribution is -2.11. The van der Waals surface area contributed by atoms with Crippen molar-refractivity contribution < 1.29 is 4.79 Å². The first-order chi connectivity index (χ1) is 10.1. The van der Waals surface area contributed by atoms with E-state index in [1.54, 1.807) is 18.2 Å². The number of benzene rings is 2. The summed E-state index contributed by atoms with van der Waals surface area (Å²) in [5.74, 6) is -0.430. The molecule has 2 aromatic carbocycles. The van der Waals surface area contributed by atoms with Crippen molar-refractivity contribution in [3.05, 3.63) is 64.8 Å². The standard InChI is InChI=1S/C16H14ClN3O/c17-12-4-5-14-11(9-20-15(14)7-12)8-19-13-3-1-2-10(6-13)16(18)21/h1-7,9,19-20H,8H2,(H2,18,21). The number of aromatic nitrogens is 1. The van der Waals surface area contributed by atoms with Gasteiger partial charge in [0.05, 0.1) is 0 Å². The molecule has 1 amide bonds. The van der Waals surface area contributed by atoms with Crippen LogP contribution in [0.25, 0.3) is 10.9 Å². The van der Waals surface area contributed by atoms with Gasteiger partial charge in [-0.3, -0.25) is 4.79 Å². The molecule has 106 valence electrons. The van der Waals surface area contributed by atoms with Crippen LogP contribution in [0, 0.1) is 0 Å². The number of aromatic amines is 1. The van der Waals surface area contributed by atoms with Crippen molar-refractivity contribution in [3.63, 3.8) is 0 Å². The van der Waals surface area contributed by atoms with Crippen molar-refractivity contribution in [1.82, 2.24) is 4.98 Å². The number of carbonyl (C=O) groups excluding carboxylic acids is 1. The zero-order valence-corrected chi connectivity index (χ0v) is 11.9. The zero-order chi connectivity index (χ0) is 14.8. The Morgan fingerprint density at radius 1 is 1.24 bits per heavy atom. The van der Waals surface area contributed by atoms with E-state index >= 15 is 0 Å². The second-order valence-corrected chi connectivity index (χ2v) is 5.24. The van der Waals surface area contributed by atoms with E-state index in [9.17, 15) is 4.79 Å². The van der Waals surface area contributed by atoms with Gasteiger partial charge < -0.3 is 16.0 Å². The Balaban J connectivity index is 1.80. The maximum atomic E-state index is 11.2. The highest BCUT2D eigenvalue weighted by atomic mass is 35.5. The molecule has 0 atom stereocenters. The van der Waals surface area contributed by atoms with Crippen LogP contribution in [0.2, 0.25) is 5.02 Å². The number of rotatable bonds is 4. The van der Waals surface area contributed by atoms with Gasteiger partial charge in [-0.1, -0.05) is 23.7 Å². The summed E-state index contributed by atoms with van der Waals surface area (Å²) >= 11 is 5.97. The van der Waals surface area contributed by atoms with Crippen molar-refractivity contribution in [2.75, 3.05) is 5.32 Å². The van der Waals surface area contributed by atoms with E-state index < -0.39 is 5.91 Å². The van der Waals surface area contributed by atoms with Crippen molar-refractivity contribution in [2.24, 2.45) is 5.73 Å². The third-order valence-electron chi connectivity index (χ3n) is 3.36. The predicted octanol–water partition coefficient (Wildman–Crippen LogP) is 3.53. The summed E-state index contributed by atoms with van der Waals surface area (Å²) in [6.07, 6.45) is 1.95. The van der Waals surface area contributed by atoms with Gasteiger partial charge >= 0.3 is 0 Å². The van der Waals surface area contributed by atoms with Crippen molar-refractivity contribution >= 4 is 34.1 Å². The maximum Gasteiger partial charge on any atom is 0.248 e. The van der Waals surface area contributed by atoms with Crippen LogP contribution in [0.1, 0.15) is 15.9 Å². The summed E-state index contributed by atoms with van der Waals surface area (Å²) in [5, 5.41) is 5.12. The molecule has 0 aliphatic heterocycles. The molecule has 0 radical (unpaired) electrons. The molecule has 4 N–H and O–H groups in total. The molecule has 0 aliphatic carbocycles. The van der Waals surface area contributed by atoms with Crippen LogP contribution in [0.4, 0.5) is 5.69 Å². The largest absolute Gasteiger partial charge is 0.381 e. The van der Waals surface area contributed by atoms with Gasteiger partial charge in [0.25, 0.3) is 0 Å². The number of amides is 1. The van der Waals surface area contributed by atoms with E-state index in [2.05, 4.69) is 10.3 Å². The van der Waals surface area contributed by atoms with Gasteiger partial charge in [-0.15, -0.1) is 0 Å². The van der Waals surface area contributed by atoms with Crippen molar-refractivity contribution in [3.8, 4) is 0 Å². The van der Waals surface area contributed by atoms with Gasteiger partial charge in [0.2, 0.25) is 5.91 Å². The normalized spacial score (nSPS) is 10.7. The highest BCUT2D eigenvalue weighted by molar-refractivity contribution is 6.31. The van der Waals surface area contributed by atoms with E-state index in [4.69, 9.17) is 17.3 Å². The molecule has 0 saturated heterocycles. The van der Waals surface area contributed by atoms with Gasteiger partial charge in [-0.2, -0.15) is 0 Å². The molecule has 4 nitrogen and oxygen atoms in total. The Bertz CT molecular complexity index is 810. The molecule has 0 unspecified atom stereocenters. The monoisotopic (exact) mass is 299 g/mol. The fourth-order valence-electron chi connectivity index (χ4n) is 2.28. The van der Waals surface area contributed by atoms with Crippen LogP contribution in [0.5, 0.6) is 0 Å². The third kappa shape index (κ3) is 2.85. The summed E-state index contributed by atoms with van der Waals surface area (Å²) in [6.45, 7) is 0.643. The number of halogens is 1. The van der Waals surface area contributed by atoms with Crippen molar-refractivity contribution in [1.29, 1.82) is 0 Å². The lowest BCUT2D eigenvalue weighted by Gasteiger charge is -2.07. The smallest absolute Gasteiger partial charge is 0.248 e. The molecule has 0 aliphatic rings. The first-order valence-corrected chi connectivity index (χ1v) is 6.90. The number of primary amides is 1. The van der Waals surface area contributed by atoms with Gasteiger partial charge in [0, 0.05) is 39.9 Å². The summed E-state index contributed by atoms with van der Waals surface area (Å²) in [7, 11) is 0. The van der Waals surface area contributed by atoms with E-state index in [1.165, 1.54) is 0 Å². The molecule has 0 saturated carbocycles. The van der Waals surface area contributed by atoms with Crippen LogP contribution in [-0.4, -0.2) is 10.9 Å². The first-order valence-electron chi connectivity index (χ1n) is 6.53. The van der Waals surface area contributed by atoms with Crippen LogP contribution in [-0.2, 0) is 6.54 Å². The fraction of sp³-hybridized carbons (Fsp3) is 0.0625. The topological polar surface area (TPSA) is 70.9 Å². The molecule has 3 aromatic rings. The second-order valence-electron chi connectivity index (χ2n) is 4.80. The number of H-pyrrole nitrogens is 1. The minimum atomic E-state index is -0.430. The lowest BCUT2D eigenvalue weighted by molar-refractivity contribution is 0.100. The number of carbonyl (C=O) groups is 1. The maximum absolute atomic E-state index is 11.2. The molecular formula is C16H14ClN3O. The van der Waals surface area contributed by atoms with Crippen LogP contribution >= 0.6 is 11.6 Å². The Labute approximate surface area is 126 Å². The van der Waals surface area contributed by atoms with E-state index in [-0.39, 0.29) is 0 Å². The number of nitrogens with one attached hydrogen (secondary N) is 2. The van der Waals surface area contributed by atoms with E-state index in [1.807, 2.05) is 30.5 Å². The molecular weight excluding hydrogens is 286 g/mol. The Kier molecular flexibility index (Phi) is 3.54. The fourth-order valence-corrected chi connectivity index (χ4v) is 2.46. The Morgan fingerprint density at radius 3 is 2.90 bits per heavy atom. The van der Waals surface area contributed by atoms with Crippen LogP contribution in [0.15, 0.2) is 48.7 Å². The number of fused-ring (bicyclic) bond motifs is 1. The number of anilines is 1. The average Bonchev–Trinajstić information content (AvgIpc) is 2.87. The average molecular weight is 300 g/mol. The molecule has 1 heterocycles. The highest BCUT2D eigenvalue weighted by Crippen LogP contribution is 2.23. The molecule has 3 rings (SSSR count). The first kappa shape index (κ1) is 13.5.